The molecule has 0 fully saturated rings. The van der Waals surface area contributed by atoms with Crippen LogP contribution in [0.2, 0.25) is 0 Å². The molecule has 0 saturated heterocycles. The van der Waals surface area contributed by atoms with Crippen LogP contribution in [0, 0.1) is 0 Å². The number of hydrazone groups is 1. The van der Waals surface area contributed by atoms with Crippen LogP contribution in [-0.2, 0) is 14.8 Å². The van der Waals surface area contributed by atoms with Gasteiger partial charge in [0.2, 0.25) is 5.91 Å². The molecule has 1 heterocycles. The van der Waals surface area contributed by atoms with Crippen molar-refractivity contribution in [3.8, 4) is 0 Å². The van der Waals surface area contributed by atoms with E-state index < -0.39 is 10.0 Å². The summed E-state index contributed by atoms with van der Waals surface area (Å²) < 4.78 is 24.1. The maximum absolute atomic E-state index is 12.0. The molecular weight excluding hydrogens is 304 g/mol. The van der Waals surface area contributed by atoms with E-state index in [1.165, 1.54) is 37.4 Å². The Bertz CT molecular complexity index is 771. The summed E-state index contributed by atoms with van der Waals surface area (Å²) in [5.41, 5.74) is 1.24. The molecule has 2 aromatic rings. The second-order valence-corrected chi connectivity index (χ2v) is 6.00. The quantitative estimate of drug-likeness (QED) is 0.642. The van der Waals surface area contributed by atoms with Gasteiger partial charge in [0.15, 0.2) is 0 Å². The third-order valence-corrected chi connectivity index (χ3v) is 3.82. The van der Waals surface area contributed by atoms with Crippen molar-refractivity contribution in [3.05, 3.63) is 54.4 Å². The number of anilines is 1. The Hall–Kier alpha value is -2.74. The molecule has 1 aromatic carbocycles. The number of hydrogen-bond acceptors (Lipinski definition) is 5. The Morgan fingerprint density at radius 3 is 2.36 bits per heavy atom. The Morgan fingerprint density at radius 1 is 1.14 bits per heavy atom. The molecule has 2 rings (SSSR count). The zero-order valence-corrected chi connectivity index (χ0v) is 12.5. The fraction of sp³-hybridized carbons (Fsp3) is 0.0714. The number of carbonyl (C=O) groups excluding carboxylic acids is 1. The molecule has 0 aliphatic heterocycles. The molecule has 0 atom stereocenters. The van der Waals surface area contributed by atoms with Crippen molar-refractivity contribution in [2.24, 2.45) is 5.10 Å². The number of nitrogens with zero attached hydrogens (tertiary/aromatic N) is 2. The van der Waals surface area contributed by atoms with Crippen molar-refractivity contribution in [2.75, 3.05) is 5.32 Å². The minimum Gasteiger partial charge on any atom is -0.326 e. The van der Waals surface area contributed by atoms with Crippen molar-refractivity contribution >= 4 is 27.8 Å². The highest BCUT2D eigenvalue weighted by Crippen LogP contribution is 2.13. The lowest BCUT2D eigenvalue weighted by atomic mass is 10.3. The zero-order chi connectivity index (χ0) is 16.0. The van der Waals surface area contributed by atoms with Crippen LogP contribution >= 0.6 is 0 Å². The Labute approximate surface area is 128 Å². The first-order chi connectivity index (χ1) is 10.5. The molecule has 0 aliphatic carbocycles. The van der Waals surface area contributed by atoms with Gasteiger partial charge in [0.25, 0.3) is 10.0 Å². The van der Waals surface area contributed by atoms with Gasteiger partial charge in [-0.1, -0.05) is 0 Å². The lowest BCUT2D eigenvalue weighted by Gasteiger charge is -2.05. The second-order valence-electron chi connectivity index (χ2n) is 4.34. The van der Waals surface area contributed by atoms with Gasteiger partial charge in [-0.3, -0.25) is 9.78 Å². The highest BCUT2D eigenvalue weighted by atomic mass is 32.2. The molecule has 0 spiro atoms. The van der Waals surface area contributed by atoms with E-state index >= 15 is 0 Å². The van der Waals surface area contributed by atoms with Crippen LogP contribution < -0.4 is 10.1 Å². The smallest absolute Gasteiger partial charge is 0.276 e. The lowest BCUT2D eigenvalue weighted by Crippen LogP contribution is -2.18. The number of aromatic nitrogens is 1. The maximum Gasteiger partial charge on any atom is 0.276 e. The molecule has 0 radical (unpaired) electrons. The average Bonchev–Trinajstić information content (AvgIpc) is 2.48. The molecule has 7 nitrogen and oxygen atoms in total. The fourth-order valence-electron chi connectivity index (χ4n) is 1.59. The maximum atomic E-state index is 12.0. The number of pyridine rings is 1. The van der Waals surface area contributed by atoms with Crippen LogP contribution in [0.25, 0.3) is 0 Å². The van der Waals surface area contributed by atoms with Crippen LogP contribution in [-0.4, -0.2) is 25.5 Å². The number of nitrogens with one attached hydrogen (secondary N) is 2. The van der Waals surface area contributed by atoms with Crippen molar-refractivity contribution in [2.45, 2.75) is 11.8 Å². The molecule has 2 N–H and O–H groups in total. The number of carbonyl (C=O) groups is 1. The Balaban J connectivity index is 2.07. The van der Waals surface area contributed by atoms with Crippen LogP contribution in [0.5, 0.6) is 0 Å². The van der Waals surface area contributed by atoms with E-state index in [2.05, 4.69) is 20.2 Å². The van der Waals surface area contributed by atoms with Gasteiger partial charge in [-0.2, -0.15) is 13.5 Å². The normalized spacial score (nSPS) is 11.3. The summed E-state index contributed by atoms with van der Waals surface area (Å²) in [5, 5.41) is 6.26. The fourth-order valence-corrected chi connectivity index (χ4v) is 2.38. The van der Waals surface area contributed by atoms with Gasteiger partial charge in [0.1, 0.15) is 0 Å². The molecule has 1 aromatic heterocycles. The largest absolute Gasteiger partial charge is 0.326 e. The first kappa shape index (κ1) is 15.6. The van der Waals surface area contributed by atoms with Crippen molar-refractivity contribution in [1.82, 2.24) is 9.82 Å². The summed E-state index contributed by atoms with van der Waals surface area (Å²) in [6.07, 6.45) is 4.54. The van der Waals surface area contributed by atoms with E-state index in [0.29, 0.717) is 5.69 Å². The summed E-state index contributed by atoms with van der Waals surface area (Å²) in [6, 6.07) is 9.16. The van der Waals surface area contributed by atoms with E-state index in [-0.39, 0.29) is 10.8 Å². The number of hydrogen-bond donors (Lipinski definition) is 2. The molecule has 0 saturated carbocycles. The van der Waals surface area contributed by atoms with E-state index in [0.717, 1.165) is 5.56 Å². The summed E-state index contributed by atoms with van der Waals surface area (Å²) in [7, 11) is -3.75. The molecule has 1 amide bonds. The number of sulfonamides is 1. The Kier molecular flexibility index (Phi) is 4.84. The molecule has 0 bridgehead atoms. The summed E-state index contributed by atoms with van der Waals surface area (Å²) >= 11 is 0. The minimum atomic E-state index is -3.75. The SMILES string of the molecule is CC(=O)Nc1ccc(S(=O)(=O)NN=Cc2ccncc2)cc1. The van der Waals surface area contributed by atoms with Crippen molar-refractivity contribution in [1.29, 1.82) is 0 Å². The first-order valence-electron chi connectivity index (χ1n) is 6.30. The molecule has 8 heteroatoms. The Morgan fingerprint density at radius 2 is 1.77 bits per heavy atom. The van der Waals surface area contributed by atoms with Crippen LogP contribution in [0.15, 0.2) is 58.8 Å². The van der Waals surface area contributed by atoms with E-state index in [1.807, 2.05) is 0 Å². The predicted molar refractivity (Wildman–Crippen MR) is 82.9 cm³/mol. The summed E-state index contributed by atoms with van der Waals surface area (Å²) in [6.45, 7) is 1.38. The first-order valence-corrected chi connectivity index (χ1v) is 7.78. The van der Waals surface area contributed by atoms with Crippen LogP contribution in [0.3, 0.4) is 0 Å². The predicted octanol–water partition coefficient (Wildman–Crippen LogP) is 1.35. The lowest BCUT2D eigenvalue weighted by molar-refractivity contribution is -0.114. The summed E-state index contributed by atoms with van der Waals surface area (Å²) in [4.78, 5) is 16.9. The molecule has 0 unspecified atom stereocenters. The average molecular weight is 318 g/mol. The molecule has 0 aliphatic rings. The topological polar surface area (TPSA) is 101 Å². The zero-order valence-electron chi connectivity index (χ0n) is 11.7. The van der Waals surface area contributed by atoms with E-state index in [1.54, 1.807) is 24.5 Å². The third kappa shape index (κ3) is 4.38. The minimum absolute atomic E-state index is 0.0495. The monoisotopic (exact) mass is 318 g/mol. The van der Waals surface area contributed by atoms with Crippen molar-refractivity contribution < 1.29 is 13.2 Å². The van der Waals surface area contributed by atoms with Crippen LogP contribution in [0.4, 0.5) is 5.69 Å². The number of benzene rings is 1. The highest BCUT2D eigenvalue weighted by molar-refractivity contribution is 7.89. The van der Waals surface area contributed by atoms with Gasteiger partial charge in [-0.25, -0.2) is 4.83 Å². The van der Waals surface area contributed by atoms with Gasteiger partial charge in [-0.15, -0.1) is 0 Å². The van der Waals surface area contributed by atoms with E-state index in [9.17, 15) is 13.2 Å². The van der Waals surface area contributed by atoms with Crippen LogP contribution in [0.1, 0.15) is 12.5 Å². The summed E-state index contributed by atoms with van der Waals surface area (Å²) in [5.74, 6) is -0.226. The molecule has 22 heavy (non-hydrogen) atoms. The number of rotatable bonds is 5. The van der Waals surface area contributed by atoms with Gasteiger partial charge in [-0.05, 0) is 42.0 Å². The third-order valence-electron chi connectivity index (χ3n) is 2.58. The molecular formula is C14H14N4O3S. The van der Waals surface area contributed by atoms with E-state index in [4.69, 9.17) is 0 Å². The van der Waals surface area contributed by atoms with Gasteiger partial charge >= 0.3 is 0 Å². The van der Waals surface area contributed by atoms with Gasteiger partial charge in [0.05, 0.1) is 11.1 Å². The van der Waals surface area contributed by atoms with Gasteiger partial charge < -0.3 is 5.32 Å². The molecule has 114 valence electrons. The van der Waals surface area contributed by atoms with Crippen molar-refractivity contribution in [3.63, 3.8) is 0 Å². The standard InChI is InChI=1S/C14H14N4O3S/c1-11(19)17-13-2-4-14(5-3-13)22(20,21)18-16-10-12-6-8-15-9-7-12/h2-10,18H,1H3,(H,17,19). The van der Waals surface area contributed by atoms with Gasteiger partial charge in [0, 0.05) is 25.0 Å². The second kappa shape index (κ2) is 6.81. The highest BCUT2D eigenvalue weighted by Gasteiger charge is 2.12. The number of amides is 1.